The van der Waals surface area contributed by atoms with Gasteiger partial charge < -0.3 is 9.84 Å². The Morgan fingerprint density at radius 3 is 2.43 bits per heavy atom. The van der Waals surface area contributed by atoms with Crippen molar-refractivity contribution in [3.8, 4) is 16.2 Å². The first-order chi connectivity index (χ1) is 14.2. The average molecular weight is 446 g/mol. The molecule has 0 aliphatic rings. The number of carboxylic acid groups (broad SMARTS) is 1. The number of hydrogen-bond donors (Lipinski definition) is 2. The van der Waals surface area contributed by atoms with Gasteiger partial charge in [0.25, 0.3) is 10.0 Å². The second-order valence-corrected chi connectivity index (χ2v) is 9.97. The molecular formula is C22H23NO5S2. The fourth-order valence-electron chi connectivity index (χ4n) is 3.02. The normalized spacial score (nSPS) is 11.5. The quantitative estimate of drug-likeness (QED) is 0.502. The summed E-state index contributed by atoms with van der Waals surface area (Å²) in [7, 11) is -2.53. The van der Waals surface area contributed by atoms with Crippen molar-refractivity contribution in [2.24, 2.45) is 5.92 Å². The van der Waals surface area contributed by atoms with E-state index in [0.717, 1.165) is 23.3 Å². The third kappa shape index (κ3) is 5.01. The largest absolute Gasteiger partial charge is 0.497 e. The number of thiophene rings is 1. The van der Waals surface area contributed by atoms with Gasteiger partial charge in [0.15, 0.2) is 0 Å². The SMILES string of the molecule is COc1cccc(S(=O)(=O)Nc2cc(-c3ccc(CC(C)C)cc3)sc2C(=O)O)c1. The van der Waals surface area contributed by atoms with Crippen LogP contribution in [0.2, 0.25) is 0 Å². The average Bonchev–Trinajstić information content (AvgIpc) is 3.11. The van der Waals surface area contributed by atoms with Gasteiger partial charge in [0.1, 0.15) is 10.6 Å². The molecule has 0 amide bonds. The summed E-state index contributed by atoms with van der Waals surface area (Å²) in [5.41, 5.74) is 2.07. The van der Waals surface area contributed by atoms with Crippen LogP contribution in [0.3, 0.4) is 0 Å². The number of carbonyl (C=O) groups is 1. The molecule has 0 unspecified atom stereocenters. The van der Waals surface area contributed by atoms with Crippen LogP contribution in [0.1, 0.15) is 29.1 Å². The molecular weight excluding hydrogens is 422 g/mol. The van der Waals surface area contributed by atoms with Gasteiger partial charge in [0, 0.05) is 10.9 Å². The zero-order chi connectivity index (χ0) is 21.9. The fraction of sp³-hybridized carbons (Fsp3) is 0.227. The minimum Gasteiger partial charge on any atom is -0.497 e. The zero-order valence-corrected chi connectivity index (χ0v) is 18.5. The lowest BCUT2D eigenvalue weighted by Crippen LogP contribution is -2.14. The second kappa shape index (κ2) is 8.89. The van der Waals surface area contributed by atoms with Crippen molar-refractivity contribution in [3.63, 3.8) is 0 Å². The minimum absolute atomic E-state index is 0.0102. The van der Waals surface area contributed by atoms with Crippen LogP contribution < -0.4 is 9.46 Å². The predicted octanol–water partition coefficient (Wildman–Crippen LogP) is 5.12. The molecule has 2 aromatic carbocycles. The van der Waals surface area contributed by atoms with Gasteiger partial charge in [-0.3, -0.25) is 4.72 Å². The zero-order valence-electron chi connectivity index (χ0n) is 16.9. The lowest BCUT2D eigenvalue weighted by molar-refractivity contribution is 0.0703. The van der Waals surface area contributed by atoms with Crippen LogP contribution in [-0.4, -0.2) is 26.6 Å². The monoisotopic (exact) mass is 445 g/mol. The van der Waals surface area contributed by atoms with Gasteiger partial charge in [0.05, 0.1) is 17.7 Å². The van der Waals surface area contributed by atoms with Crippen LogP contribution in [0, 0.1) is 5.92 Å². The number of rotatable bonds is 8. The molecule has 8 heteroatoms. The van der Waals surface area contributed by atoms with Crippen LogP contribution in [0.4, 0.5) is 5.69 Å². The maximum atomic E-state index is 12.8. The molecule has 1 heterocycles. The van der Waals surface area contributed by atoms with Crippen molar-refractivity contribution < 1.29 is 23.1 Å². The molecule has 0 aliphatic carbocycles. The van der Waals surface area contributed by atoms with E-state index in [9.17, 15) is 18.3 Å². The lowest BCUT2D eigenvalue weighted by atomic mass is 10.0. The number of ether oxygens (including phenoxy) is 1. The van der Waals surface area contributed by atoms with E-state index in [1.54, 1.807) is 18.2 Å². The molecule has 30 heavy (non-hydrogen) atoms. The van der Waals surface area contributed by atoms with E-state index in [0.29, 0.717) is 16.5 Å². The number of nitrogens with one attached hydrogen (secondary N) is 1. The Labute approximate surface area is 180 Å². The van der Waals surface area contributed by atoms with Crippen LogP contribution in [0.25, 0.3) is 10.4 Å². The number of anilines is 1. The Balaban J connectivity index is 1.93. The maximum absolute atomic E-state index is 12.8. The Hall–Kier alpha value is -2.84. The third-order valence-electron chi connectivity index (χ3n) is 4.40. The smallest absolute Gasteiger partial charge is 0.348 e. The number of methoxy groups -OCH3 is 1. The predicted molar refractivity (Wildman–Crippen MR) is 119 cm³/mol. The van der Waals surface area contributed by atoms with Crippen LogP contribution in [0.15, 0.2) is 59.5 Å². The van der Waals surface area contributed by atoms with Gasteiger partial charge in [-0.05, 0) is 41.7 Å². The Kier molecular flexibility index (Phi) is 6.48. The van der Waals surface area contributed by atoms with Crippen LogP contribution in [0.5, 0.6) is 5.75 Å². The fourth-order valence-corrected chi connectivity index (χ4v) is 5.14. The summed E-state index contributed by atoms with van der Waals surface area (Å²) in [6.45, 7) is 4.29. The van der Waals surface area contributed by atoms with Crippen molar-refractivity contribution in [2.75, 3.05) is 11.8 Å². The molecule has 0 fully saturated rings. The molecule has 0 saturated carbocycles. The van der Waals surface area contributed by atoms with Gasteiger partial charge in [-0.2, -0.15) is 0 Å². The van der Waals surface area contributed by atoms with Gasteiger partial charge in [-0.15, -0.1) is 11.3 Å². The van der Waals surface area contributed by atoms with Crippen molar-refractivity contribution in [2.45, 2.75) is 25.2 Å². The highest BCUT2D eigenvalue weighted by Crippen LogP contribution is 2.36. The molecule has 0 atom stereocenters. The van der Waals surface area contributed by atoms with Crippen molar-refractivity contribution >= 4 is 33.0 Å². The highest BCUT2D eigenvalue weighted by molar-refractivity contribution is 7.92. The summed E-state index contributed by atoms with van der Waals surface area (Å²) in [5.74, 6) is -0.260. The number of hydrogen-bond acceptors (Lipinski definition) is 5. The standard InChI is InChI=1S/C22H23NO5S2/c1-14(2)11-15-7-9-16(10-8-15)20-13-19(21(29-20)22(24)25)23-30(26,27)18-6-4-5-17(12-18)28-3/h4-10,12-14,23H,11H2,1-3H3,(H,24,25). The van der Waals surface area contributed by atoms with Crippen LogP contribution in [-0.2, 0) is 16.4 Å². The summed E-state index contributed by atoms with van der Waals surface area (Å²) in [6, 6.07) is 15.4. The van der Waals surface area contributed by atoms with E-state index in [4.69, 9.17) is 4.74 Å². The highest BCUT2D eigenvalue weighted by Gasteiger charge is 2.22. The van der Waals surface area contributed by atoms with Gasteiger partial charge >= 0.3 is 5.97 Å². The third-order valence-corrected chi connectivity index (χ3v) is 6.94. The summed E-state index contributed by atoms with van der Waals surface area (Å²) in [6.07, 6.45) is 0.955. The highest BCUT2D eigenvalue weighted by atomic mass is 32.2. The van der Waals surface area contributed by atoms with E-state index >= 15 is 0 Å². The maximum Gasteiger partial charge on any atom is 0.348 e. The number of sulfonamides is 1. The van der Waals surface area contributed by atoms with E-state index in [1.807, 2.05) is 24.3 Å². The van der Waals surface area contributed by atoms with Crippen molar-refractivity contribution in [3.05, 3.63) is 65.0 Å². The molecule has 0 aliphatic heterocycles. The Bertz CT molecular complexity index is 1150. The second-order valence-electron chi connectivity index (χ2n) is 7.24. The first kappa shape index (κ1) is 21.9. The molecule has 0 bridgehead atoms. The lowest BCUT2D eigenvalue weighted by Gasteiger charge is -2.08. The molecule has 0 saturated heterocycles. The molecule has 158 valence electrons. The minimum atomic E-state index is -3.98. The summed E-state index contributed by atoms with van der Waals surface area (Å²) >= 11 is 1.03. The first-order valence-electron chi connectivity index (χ1n) is 9.33. The number of carboxylic acids is 1. The molecule has 0 spiro atoms. The van der Waals surface area contributed by atoms with E-state index in [2.05, 4.69) is 18.6 Å². The molecule has 6 nitrogen and oxygen atoms in total. The van der Waals surface area contributed by atoms with Crippen LogP contribution >= 0.6 is 11.3 Å². The molecule has 3 aromatic rings. The molecule has 0 radical (unpaired) electrons. The Morgan fingerprint density at radius 2 is 1.83 bits per heavy atom. The molecule has 2 N–H and O–H groups in total. The number of benzene rings is 2. The van der Waals surface area contributed by atoms with Gasteiger partial charge in [-0.25, -0.2) is 13.2 Å². The van der Waals surface area contributed by atoms with E-state index in [1.165, 1.54) is 24.8 Å². The van der Waals surface area contributed by atoms with Crippen molar-refractivity contribution in [1.29, 1.82) is 0 Å². The van der Waals surface area contributed by atoms with Crippen molar-refractivity contribution in [1.82, 2.24) is 0 Å². The number of aromatic carboxylic acids is 1. The summed E-state index contributed by atoms with van der Waals surface area (Å²) in [5, 5.41) is 9.57. The van der Waals surface area contributed by atoms with Gasteiger partial charge in [-0.1, -0.05) is 44.2 Å². The Morgan fingerprint density at radius 1 is 1.13 bits per heavy atom. The van der Waals surface area contributed by atoms with Gasteiger partial charge in [0.2, 0.25) is 0 Å². The van der Waals surface area contributed by atoms with E-state index in [-0.39, 0.29) is 15.5 Å². The first-order valence-corrected chi connectivity index (χ1v) is 11.6. The molecule has 1 aromatic heterocycles. The summed E-state index contributed by atoms with van der Waals surface area (Å²) < 4.78 is 33.0. The topological polar surface area (TPSA) is 92.7 Å². The molecule has 3 rings (SSSR count). The van der Waals surface area contributed by atoms with E-state index < -0.39 is 16.0 Å². The summed E-state index contributed by atoms with van der Waals surface area (Å²) in [4.78, 5) is 12.3.